The molecule has 13 N–H and O–H groups in total. The number of aromatic hydroxyl groups is 12. The second-order valence-electron chi connectivity index (χ2n) is 11.6. The van der Waals surface area contributed by atoms with Crippen molar-refractivity contribution in [2.45, 2.75) is 0 Å². The molecule has 20 heteroatoms. The molecule has 0 bridgehead atoms. The SMILES string of the molecule is O=C(O)c1cc(O)c(O)c(O)c1.O=c1c(O)c(-c2ccc(O)c(O)c2)oc2cc(O)cc(O)c12.O=c1oc2c(O)c(O)cc3c(=O)oc4c(O)c(O)cc1c4c23. The fraction of sp³-hybridized carbons (Fsp3) is 0. The summed E-state index contributed by atoms with van der Waals surface area (Å²) in [5.41, 5.74) is -3.87. The molecule has 0 unspecified atom stereocenters. The number of rotatable bonds is 2. The summed E-state index contributed by atoms with van der Waals surface area (Å²) in [6.45, 7) is 0. The van der Waals surface area contributed by atoms with Crippen LogP contribution < -0.4 is 16.7 Å². The summed E-state index contributed by atoms with van der Waals surface area (Å²) >= 11 is 0. The lowest BCUT2D eigenvalue weighted by Gasteiger charge is -2.10. The number of hydrogen-bond acceptors (Lipinski definition) is 19. The Labute approximate surface area is 305 Å². The number of phenols is 11. The third kappa shape index (κ3) is 6.15. The van der Waals surface area contributed by atoms with Crippen LogP contribution in [0.2, 0.25) is 0 Å². The second kappa shape index (κ2) is 13.4. The van der Waals surface area contributed by atoms with E-state index in [1.165, 1.54) is 6.07 Å². The number of aromatic carboxylic acids is 1. The highest BCUT2D eigenvalue weighted by atomic mass is 16.4. The van der Waals surface area contributed by atoms with E-state index in [1.807, 2.05) is 0 Å². The van der Waals surface area contributed by atoms with E-state index in [4.69, 9.17) is 33.7 Å². The zero-order valence-corrected chi connectivity index (χ0v) is 27.4. The first kappa shape index (κ1) is 37.1. The number of carboxylic acids is 1. The molecule has 0 aliphatic heterocycles. The van der Waals surface area contributed by atoms with Crippen LogP contribution in [0.15, 0.2) is 82.2 Å². The first-order valence-corrected chi connectivity index (χ1v) is 15.2. The Balaban J connectivity index is 0.000000149. The molecule has 0 aliphatic rings. The Morgan fingerprint density at radius 1 is 0.464 bits per heavy atom. The van der Waals surface area contributed by atoms with Crippen LogP contribution in [0.1, 0.15) is 10.4 Å². The molecular formula is C36H22O20. The van der Waals surface area contributed by atoms with Gasteiger partial charge in [0.1, 0.15) is 22.5 Å². The molecule has 0 saturated carbocycles. The monoisotopic (exact) mass is 774 g/mol. The van der Waals surface area contributed by atoms with Gasteiger partial charge in [0.2, 0.25) is 22.7 Å². The summed E-state index contributed by atoms with van der Waals surface area (Å²) in [6, 6.07) is 9.26. The molecule has 0 spiro atoms. The highest BCUT2D eigenvalue weighted by Crippen LogP contribution is 2.44. The van der Waals surface area contributed by atoms with Crippen molar-refractivity contribution in [3.05, 3.63) is 91.2 Å². The van der Waals surface area contributed by atoms with Gasteiger partial charge in [0, 0.05) is 28.5 Å². The van der Waals surface area contributed by atoms with Crippen LogP contribution >= 0.6 is 0 Å². The van der Waals surface area contributed by atoms with Crippen LogP contribution in [0.3, 0.4) is 0 Å². The maximum absolute atomic E-state index is 12.1. The van der Waals surface area contributed by atoms with Crippen molar-refractivity contribution in [1.82, 2.24) is 0 Å². The van der Waals surface area contributed by atoms with E-state index in [9.17, 15) is 65.1 Å². The quantitative estimate of drug-likeness (QED) is 0.0674. The van der Waals surface area contributed by atoms with Gasteiger partial charge in [0.25, 0.3) is 0 Å². The molecule has 3 aromatic heterocycles. The Hall–Kier alpha value is -8.68. The van der Waals surface area contributed by atoms with Crippen LogP contribution in [-0.2, 0) is 0 Å². The minimum Gasteiger partial charge on any atom is -0.508 e. The van der Waals surface area contributed by atoms with Crippen molar-refractivity contribution in [3.63, 3.8) is 0 Å². The molecule has 8 aromatic rings. The largest absolute Gasteiger partial charge is 0.508 e. The molecule has 0 fully saturated rings. The van der Waals surface area contributed by atoms with Gasteiger partial charge in [-0.25, -0.2) is 14.4 Å². The normalized spacial score (nSPS) is 11.0. The van der Waals surface area contributed by atoms with Gasteiger partial charge in [-0.3, -0.25) is 4.79 Å². The number of carbonyl (C=O) groups is 1. The van der Waals surface area contributed by atoms with Crippen molar-refractivity contribution in [1.29, 1.82) is 0 Å². The summed E-state index contributed by atoms with van der Waals surface area (Å²) < 4.78 is 15.2. The van der Waals surface area contributed by atoms with Gasteiger partial charge in [0.15, 0.2) is 57.2 Å². The molecule has 0 amide bonds. The standard InChI is InChI=1S/C15H10O7.C14H6O8.C7H6O5/c16-7-4-10(19)12-11(5-7)22-15(14(21)13(12)20)6-1-2-8(17)9(18)3-6;15-5-1-3-7-8-4(14(20)22-11(7)9(5)17)2-6(16)10(18)12(8)21-13(3)19;8-4-1-3(7(11)12)2-5(9)6(4)10/h1-5,16-19,21H;1-2,15-18H;1-2,8-10H,(H,11,12). The Bertz CT molecular complexity index is 2980. The van der Waals surface area contributed by atoms with Gasteiger partial charge >= 0.3 is 17.2 Å². The van der Waals surface area contributed by atoms with Crippen molar-refractivity contribution in [2.75, 3.05) is 0 Å². The van der Waals surface area contributed by atoms with Gasteiger partial charge in [-0.2, -0.15) is 0 Å². The molecule has 3 heterocycles. The molecule has 0 radical (unpaired) electrons. The summed E-state index contributed by atoms with van der Waals surface area (Å²) in [5.74, 6) is -8.80. The second-order valence-corrected chi connectivity index (χ2v) is 11.6. The van der Waals surface area contributed by atoms with E-state index < -0.39 is 91.3 Å². The highest BCUT2D eigenvalue weighted by molar-refractivity contribution is 6.22. The number of benzene rings is 5. The summed E-state index contributed by atoms with van der Waals surface area (Å²) in [6.07, 6.45) is 0. The maximum Gasteiger partial charge on any atom is 0.344 e. The smallest absolute Gasteiger partial charge is 0.344 e. The van der Waals surface area contributed by atoms with E-state index in [0.29, 0.717) is 0 Å². The first-order valence-electron chi connectivity index (χ1n) is 15.2. The van der Waals surface area contributed by atoms with Crippen molar-refractivity contribution >= 4 is 49.6 Å². The molecule has 286 valence electrons. The maximum atomic E-state index is 12.1. The zero-order valence-electron chi connectivity index (χ0n) is 27.4. The molecule has 5 aromatic carbocycles. The predicted molar refractivity (Wildman–Crippen MR) is 189 cm³/mol. The number of hydrogen-bond donors (Lipinski definition) is 13. The summed E-state index contributed by atoms with van der Waals surface area (Å²) in [5, 5.41) is 121. The third-order valence-corrected chi connectivity index (χ3v) is 8.04. The average Bonchev–Trinajstić information content (AvgIpc) is 3.13. The number of phenolic OH excluding ortho intramolecular Hbond substituents is 11. The van der Waals surface area contributed by atoms with E-state index in [2.05, 4.69) is 0 Å². The zero-order chi connectivity index (χ0) is 41.1. The molecule has 8 rings (SSSR count). The van der Waals surface area contributed by atoms with Gasteiger partial charge in [-0.15, -0.1) is 0 Å². The lowest BCUT2D eigenvalue weighted by molar-refractivity contribution is 0.0695. The highest BCUT2D eigenvalue weighted by Gasteiger charge is 2.25. The topological polar surface area (TPSA) is 371 Å². The van der Waals surface area contributed by atoms with Crippen molar-refractivity contribution < 1.29 is 84.4 Å². The Kier molecular flexibility index (Phi) is 8.86. The Morgan fingerprint density at radius 2 is 0.964 bits per heavy atom. The molecule has 0 aliphatic carbocycles. The number of fused-ring (bicyclic) bond motifs is 1. The number of carboxylic acid groups (broad SMARTS) is 1. The minimum absolute atomic E-state index is 0.00597. The van der Waals surface area contributed by atoms with Gasteiger partial charge in [0.05, 0.1) is 16.3 Å². The molecule has 0 saturated heterocycles. The fourth-order valence-corrected chi connectivity index (χ4v) is 5.44. The van der Waals surface area contributed by atoms with Crippen LogP contribution in [0, 0.1) is 0 Å². The lowest BCUT2D eigenvalue weighted by atomic mass is 10.0. The average molecular weight is 775 g/mol. The van der Waals surface area contributed by atoms with E-state index in [-0.39, 0.29) is 60.9 Å². The van der Waals surface area contributed by atoms with Gasteiger partial charge < -0.3 is 79.6 Å². The molecular weight excluding hydrogens is 752 g/mol. The molecule has 0 atom stereocenters. The van der Waals surface area contributed by atoms with Gasteiger partial charge in [-0.05, 0) is 42.5 Å². The van der Waals surface area contributed by atoms with E-state index in [1.54, 1.807) is 0 Å². The van der Waals surface area contributed by atoms with Crippen LogP contribution in [0.25, 0.3) is 55.0 Å². The van der Waals surface area contributed by atoms with Crippen molar-refractivity contribution in [3.8, 4) is 80.3 Å². The van der Waals surface area contributed by atoms with E-state index in [0.717, 1.165) is 48.5 Å². The van der Waals surface area contributed by atoms with Crippen molar-refractivity contribution in [2.24, 2.45) is 0 Å². The summed E-state index contributed by atoms with van der Waals surface area (Å²) in [7, 11) is 0. The molecule has 56 heavy (non-hydrogen) atoms. The predicted octanol–water partition coefficient (Wildman–Crippen LogP) is 3.80. The van der Waals surface area contributed by atoms with Crippen LogP contribution in [0.5, 0.6) is 69.0 Å². The van der Waals surface area contributed by atoms with Crippen LogP contribution in [0.4, 0.5) is 0 Å². The first-order chi connectivity index (χ1) is 26.3. The summed E-state index contributed by atoms with van der Waals surface area (Å²) in [4.78, 5) is 46.4. The Morgan fingerprint density at radius 3 is 1.45 bits per heavy atom. The van der Waals surface area contributed by atoms with Crippen LogP contribution in [-0.4, -0.2) is 72.4 Å². The lowest BCUT2D eigenvalue weighted by Crippen LogP contribution is -2.06. The third-order valence-electron chi connectivity index (χ3n) is 8.04. The van der Waals surface area contributed by atoms with E-state index >= 15 is 0 Å². The molecule has 20 nitrogen and oxygen atoms in total. The fourth-order valence-electron chi connectivity index (χ4n) is 5.44. The van der Waals surface area contributed by atoms with Gasteiger partial charge in [-0.1, -0.05) is 0 Å². The minimum atomic E-state index is -1.29.